The highest BCUT2D eigenvalue weighted by Gasteiger charge is 2.23. The van der Waals surface area contributed by atoms with Crippen LogP contribution in [0.15, 0.2) is 24.3 Å². The third-order valence-corrected chi connectivity index (χ3v) is 3.35. The number of aliphatic hydroxyl groups is 1. The molecule has 0 aliphatic carbocycles. The molecule has 0 radical (unpaired) electrons. The van der Waals surface area contributed by atoms with Crippen molar-refractivity contribution in [2.24, 2.45) is 0 Å². The first-order valence-corrected chi connectivity index (χ1v) is 6.89. The Hall–Kier alpha value is -1.59. The molecule has 0 bridgehead atoms. The van der Waals surface area contributed by atoms with Gasteiger partial charge >= 0.3 is 0 Å². The van der Waals surface area contributed by atoms with E-state index in [0.29, 0.717) is 32.1 Å². The summed E-state index contributed by atoms with van der Waals surface area (Å²) >= 11 is 0. The minimum absolute atomic E-state index is 0.0205. The van der Waals surface area contributed by atoms with Crippen LogP contribution in [0, 0.1) is 0 Å². The van der Waals surface area contributed by atoms with E-state index >= 15 is 0 Å². The molecule has 110 valence electrons. The summed E-state index contributed by atoms with van der Waals surface area (Å²) in [7, 11) is 0. The number of nitrogens with zero attached hydrogens (tertiary/aromatic N) is 1. The zero-order chi connectivity index (χ0) is 14.5. The molecule has 1 aromatic rings. The Morgan fingerprint density at radius 3 is 2.40 bits per heavy atom. The molecule has 1 unspecified atom stereocenters. The number of ether oxygens (including phenoxy) is 2. The summed E-state index contributed by atoms with van der Waals surface area (Å²) in [4.78, 5) is 13.9. The number of rotatable bonds is 4. The Morgan fingerprint density at radius 1 is 1.25 bits per heavy atom. The maximum atomic E-state index is 12.2. The van der Waals surface area contributed by atoms with Crippen LogP contribution in [0.1, 0.15) is 25.5 Å². The number of amides is 1. The van der Waals surface area contributed by atoms with Gasteiger partial charge in [-0.05, 0) is 31.5 Å². The van der Waals surface area contributed by atoms with Gasteiger partial charge in [0.05, 0.1) is 19.3 Å². The molecule has 1 fully saturated rings. The van der Waals surface area contributed by atoms with Crippen molar-refractivity contribution in [1.82, 2.24) is 4.90 Å². The van der Waals surface area contributed by atoms with E-state index in [9.17, 15) is 9.90 Å². The molecule has 1 heterocycles. The summed E-state index contributed by atoms with van der Waals surface area (Å²) in [5.41, 5.74) is 0.824. The van der Waals surface area contributed by atoms with Gasteiger partial charge in [-0.15, -0.1) is 0 Å². The average molecular weight is 279 g/mol. The van der Waals surface area contributed by atoms with Crippen molar-refractivity contribution in [3.8, 4) is 5.75 Å². The zero-order valence-electron chi connectivity index (χ0n) is 11.9. The second kappa shape index (κ2) is 6.72. The average Bonchev–Trinajstić information content (AvgIpc) is 2.48. The first-order chi connectivity index (χ1) is 9.58. The first kappa shape index (κ1) is 14.8. The van der Waals surface area contributed by atoms with Crippen LogP contribution in [0.5, 0.6) is 5.75 Å². The number of benzene rings is 1. The van der Waals surface area contributed by atoms with E-state index in [4.69, 9.17) is 9.47 Å². The van der Waals surface area contributed by atoms with Crippen molar-refractivity contribution in [1.29, 1.82) is 0 Å². The van der Waals surface area contributed by atoms with Gasteiger partial charge < -0.3 is 19.5 Å². The monoisotopic (exact) mass is 279 g/mol. The van der Waals surface area contributed by atoms with Crippen molar-refractivity contribution in [2.45, 2.75) is 26.1 Å². The van der Waals surface area contributed by atoms with Crippen molar-refractivity contribution in [2.75, 3.05) is 26.3 Å². The third kappa shape index (κ3) is 3.71. The van der Waals surface area contributed by atoms with E-state index in [1.807, 2.05) is 0 Å². The maximum absolute atomic E-state index is 12.2. The van der Waals surface area contributed by atoms with Gasteiger partial charge in [0.15, 0.2) is 6.10 Å². The molecule has 0 aromatic heterocycles. The molecule has 1 saturated heterocycles. The maximum Gasteiger partial charge on any atom is 0.263 e. The predicted octanol–water partition coefficient (Wildman–Crippen LogP) is 1.37. The van der Waals surface area contributed by atoms with Crippen molar-refractivity contribution in [3.05, 3.63) is 29.8 Å². The van der Waals surface area contributed by atoms with Gasteiger partial charge in [0.25, 0.3) is 5.91 Å². The van der Waals surface area contributed by atoms with Gasteiger partial charge in [-0.2, -0.15) is 0 Å². The number of hydrogen-bond acceptors (Lipinski definition) is 4. The van der Waals surface area contributed by atoms with Crippen LogP contribution in [-0.2, 0) is 9.53 Å². The van der Waals surface area contributed by atoms with Crippen molar-refractivity contribution in [3.63, 3.8) is 0 Å². The van der Waals surface area contributed by atoms with Crippen LogP contribution in [0.2, 0.25) is 0 Å². The van der Waals surface area contributed by atoms with Crippen LogP contribution >= 0.6 is 0 Å². The topological polar surface area (TPSA) is 59.0 Å². The van der Waals surface area contributed by atoms with Crippen LogP contribution in [0.25, 0.3) is 0 Å². The second-order valence-corrected chi connectivity index (χ2v) is 4.94. The van der Waals surface area contributed by atoms with Gasteiger partial charge in [-0.3, -0.25) is 4.79 Å². The lowest BCUT2D eigenvalue weighted by molar-refractivity contribution is -0.142. The van der Waals surface area contributed by atoms with Crippen molar-refractivity contribution >= 4 is 5.91 Å². The van der Waals surface area contributed by atoms with Crippen LogP contribution in [0.3, 0.4) is 0 Å². The summed E-state index contributed by atoms with van der Waals surface area (Å²) in [6.45, 7) is 5.87. The number of aliphatic hydroxyl groups excluding tert-OH is 1. The number of hydrogen-bond donors (Lipinski definition) is 1. The second-order valence-electron chi connectivity index (χ2n) is 4.94. The van der Waals surface area contributed by atoms with E-state index in [0.717, 1.165) is 5.56 Å². The summed E-state index contributed by atoms with van der Waals surface area (Å²) in [5, 5.41) is 9.44. The summed E-state index contributed by atoms with van der Waals surface area (Å²) in [6, 6.07) is 7.13. The molecule has 0 spiro atoms. The van der Waals surface area contributed by atoms with Crippen molar-refractivity contribution < 1.29 is 19.4 Å². The Kier molecular flexibility index (Phi) is 4.98. The van der Waals surface area contributed by atoms with E-state index in [1.54, 1.807) is 43.0 Å². The first-order valence-electron chi connectivity index (χ1n) is 6.89. The fraction of sp³-hybridized carbons (Fsp3) is 0.533. The lowest BCUT2D eigenvalue weighted by Crippen LogP contribution is -2.46. The fourth-order valence-electron chi connectivity index (χ4n) is 2.12. The number of carbonyl (C=O) groups is 1. The summed E-state index contributed by atoms with van der Waals surface area (Å²) < 4.78 is 10.9. The quantitative estimate of drug-likeness (QED) is 0.904. The van der Waals surface area contributed by atoms with Gasteiger partial charge in [-0.1, -0.05) is 12.1 Å². The minimum Gasteiger partial charge on any atom is -0.481 e. The van der Waals surface area contributed by atoms with Gasteiger partial charge in [0.2, 0.25) is 0 Å². The van der Waals surface area contributed by atoms with Crippen LogP contribution in [-0.4, -0.2) is 48.3 Å². The standard InChI is InChI=1S/C15H21NO4/c1-11(17)13-3-5-14(6-4-13)20-12(2)15(18)16-7-9-19-10-8-16/h3-6,11-12,17H,7-10H2,1-2H3/t11-,12?/m1/s1. The summed E-state index contributed by atoms with van der Waals surface area (Å²) in [5.74, 6) is 0.608. The van der Waals surface area contributed by atoms with Gasteiger partial charge in [0, 0.05) is 13.1 Å². The minimum atomic E-state index is -0.523. The Morgan fingerprint density at radius 2 is 1.85 bits per heavy atom. The molecular formula is C15H21NO4. The Bertz CT molecular complexity index is 438. The molecule has 1 aromatic carbocycles. The molecule has 1 amide bonds. The molecule has 1 aliphatic rings. The van der Waals surface area contributed by atoms with Gasteiger partial charge in [0.1, 0.15) is 5.75 Å². The molecule has 2 rings (SSSR count). The van der Waals surface area contributed by atoms with E-state index in [-0.39, 0.29) is 5.91 Å². The molecule has 0 saturated carbocycles. The smallest absolute Gasteiger partial charge is 0.263 e. The van der Waals surface area contributed by atoms with Gasteiger partial charge in [-0.25, -0.2) is 0 Å². The molecular weight excluding hydrogens is 258 g/mol. The fourth-order valence-corrected chi connectivity index (χ4v) is 2.12. The van der Waals surface area contributed by atoms with E-state index in [2.05, 4.69) is 0 Å². The number of carbonyl (C=O) groups excluding carboxylic acids is 1. The largest absolute Gasteiger partial charge is 0.481 e. The summed E-state index contributed by atoms with van der Waals surface area (Å²) in [6.07, 6.45) is -1.03. The molecule has 1 N–H and O–H groups in total. The lowest BCUT2D eigenvalue weighted by atomic mass is 10.1. The molecule has 20 heavy (non-hydrogen) atoms. The van der Waals surface area contributed by atoms with E-state index in [1.165, 1.54) is 0 Å². The number of morpholine rings is 1. The Labute approximate surface area is 119 Å². The highest BCUT2D eigenvalue weighted by atomic mass is 16.5. The van der Waals surface area contributed by atoms with E-state index < -0.39 is 12.2 Å². The lowest BCUT2D eigenvalue weighted by Gasteiger charge is -2.29. The highest BCUT2D eigenvalue weighted by molar-refractivity contribution is 5.81. The Balaban J connectivity index is 1.92. The molecule has 1 aliphatic heterocycles. The predicted molar refractivity (Wildman–Crippen MR) is 74.6 cm³/mol. The molecule has 5 heteroatoms. The highest BCUT2D eigenvalue weighted by Crippen LogP contribution is 2.18. The third-order valence-electron chi connectivity index (χ3n) is 3.35. The molecule has 2 atom stereocenters. The SMILES string of the molecule is CC(Oc1ccc([C@@H](C)O)cc1)C(=O)N1CCOCC1. The zero-order valence-corrected chi connectivity index (χ0v) is 11.9. The van der Waals surface area contributed by atoms with Crippen LogP contribution < -0.4 is 4.74 Å². The molecule has 5 nitrogen and oxygen atoms in total. The normalized spacial score (nSPS) is 18.4. The van der Waals surface area contributed by atoms with Crippen LogP contribution in [0.4, 0.5) is 0 Å².